The second-order valence-electron chi connectivity index (χ2n) is 8.39. The van der Waals surface area contributed by atoms with Crippen molar-refractivity contribution in [3.63, 3.8) is 0 Å². The van der Waals surface area contributed by atoms with Crippen LogP contribution in [0.5, 0.6) is 5.75 Å². The Balaban J connectivity index is 1.61. The molecule has 1 saturated heterocycles. The molecule has 7 heteroatoms. The Morgan fingerprint density at radius 3 is 2.67 bits per heavy atom. The summed E-state index contributed by atoms with van der Waals surface area (Å²) in [6.07, 6.45) is 1.75. The van der Waals surface area contributed by atoms with Crippen LogP contribution in [0.4, 0.5) is 0 Å². The monoisotopic (exact) mass is 447 g/mol. The maximum atomic E-state index is 13.4. The zero-order valence-corrected chi connectivity index (χ0v) is 19.0. The van der Waals surface area contributed by atoms with Crippen molar-refractivity contribution in [2.45, 2.75) is 26.2 Å². The number of piperidine rings is 1. The number of carbonyl (C=O) groups excluding carboxylic acids is 2. The van der Waals surface area contributed by atoms with Crippen LogP contribution < -0.4 is 10.1 Å². The van der Waals surface area contributed by atoms with E-state index in [0.717, 1.165) is 17.7 Å². The van der Waals surface area contributed by atoms with Crippen LogP contribution in [0.3, 0.4) is 0 Å². The Labute approximate surface area is 193 Å². The minimum Gasteiger partial charge on any atom is -0.496 e. The molecule has 1 atom stereocenters. The van der Waals surface area contributed by atoms with Gasteiger partial charge in [-0.15, -0.1) is 0 Å². The minimum absolute atomic E-state index is 0.0693. The van der Waals surface area contributed by atoms with Crippen molar-refractivity contribution in [1.82, 2.24) is 15.4 Å². The van der Waals surface area contributed by atoms with E-state index < -0.39 is 5.41 Å². The van der Waals surface area contributed by atoms with Crippen LogP contribution in [0, 0.1) is 5.41 Å². The summed E-state index contributed by atoms with van der Waals surface area (Å²) >= 11 is 0. The molecular weight excluding hydrogens is 418 g/mol. The standard InChI is InChI=1S/C26H29N3O4/c1-3-27-25(31)26(17-20-16-22(28-33-20)19-10-5-4-6-11-19)14-9-15-29(18-26)24(30)21-12-7-8-13-23(21)32-2/h4-8,10-13,16H,3,9,14-15,17-18H2,1-2H3,(H,27,31)/t26-/m1/s1. The lowest BCUT2D eigenvalue weighted by Gasteiger charge is -2.41. The highest BCUT2D eigenvalue weighted by Gasteiger charge is 2.44. The highest BCUT2D eigenvalue weighted by molar-refractivity contribution is 5.97. The Kier molecular flexibility index (Phi) is 6.77. The van der Waals surface area contributed by atoms with Crippen molar-refractivity contribution >= 4 is 11.8 Å². The van der Waals surface area contributed by atoms with Crippen molar-refractivity contribution in [2.75, 3.05) is 26.7 Å². The summed E-state index contributed by atoms with van der Waals surface area (Å²) in [6.45, 7) is 3.31. The van der Waals surface area contributed by atoms with Gasteiger partial charge in [-0.25, -0.2) is 0 Å². The van der Waals surface area contributed by atoms with Gasteiger partial charge in [0.1, 0.15) is 17.2 Å². The number of hydrogen-bond donors (Lipinski definition) is 1. The summed E-state index contributed by atoms with van der Waals surface area (Å²) in [5, 5.41) is 7.18. The molecule has 0 bridgehead atoms. The van der Waals surface area contributed by atoms with Crippen LogP contribution >= 0.6 is 0 Å². The fourth-order valence-corrected chi connectivity index (χ4v) is 4.53. The van der Waals surface area contributed by atoms with Gasteiger partial charge in [-0.05, 0) is 31.9 Å². The summed E-state index contributed by atoms with van der Waals surface area (Å²) in [5.41, 5.74) is 1.39. The number of para-hydroxylation sites is 1. The zero-order valence-electron chi connectivity index (χ0n) is 19.0. The van der Waals surface area contributed by atoms with Gasteiger partial charge in [-0.2, -0.15) is 0 Å². The molecule has 1 N–H and O–H groups in total. The molecule has 1 fully saturated rings. The molecule has 33 heavy (non-hydrogen) atoms. The third-order valence-corrected chi connectivity index (χ3v) is 6.16. The summed E-state index contributed by atoms with van der Waals surface area (Å²) in [6, 6.07) is 18.8. The van der Waals surface area contributed by atoms with Crippen LogP contribution in [0.2, 0.25) is 0 Å². The first-order chi connectivity index (χ1) is 16.1. The number of nitrogens with zero attached hydrogens (tertiary/aromatic N) is 2. The molecule has 2 heterocycles. The predicted octanol–water partition coefficient (Wildman–Crippen LogP) is 3.95. The maximum Gasteiger partial charge on any atom is 0.257 e. The first kappa shape index (κ1) is 22.6. The van der Waals surface area contributed by atoms with E-state index in [1.54, 1.807) is 24.1 Å². The Morgan fingerprint density at radius 1 is 1.15 bits per heavy atom. The topological polar surface area (TPSA) is 84.7 Å². The minimum atomic E-state index is -0.792. The van der Waals surface area contributed by atoms with E-state index in [-0.39, 0.29) is 11.8 Å². The van der Waals surface area contributed by atoms with Gasteiger partial charge in [0.05, 0.1) is 18.1 Å². The van der Waals surface area contributed by atoms with E-state index in [1.807, 2.05) is 55.5 Å². The quantitative estimate of drug-likeness (QED) is 0.593. The van der Waals surface area contributed by atoms with Gasteiger partial charge in [0.25, 0.3) is 5.91 Å². The molecule has 0 aliphatic carbocycles. The summed E-state index contributed by atoms with van der Waals surface area (Å²) in [5.74, 6) is 0.953. The zero-order chi connectivity index (χ0) is 23.3. The van der Waals surface area contributed by atoms with Gasteiger partial charge >= 0.3 is 0 Å². The molecule has 2 amide bonds. The number of rotatable bonds is 7. The number of amides is 2. The second-order valence-corrected chi connectivity index (χ2v) is 8.39. The van der Waals surface area contributed by atoms with Crippen molar-refractivity contribution in [3.05, 3.63) is 72.0 Å². The third kappa shape index (κ3) is 4.77. The molecule has 0 saturated carbocycles. The van der Waals surface area contributed by atoms with Gasteiger partial charge in [0.2, 0.25) is 5.91 Å². The fourth-order valence-electron chi connectivity index (χ4n) is 4.53. The fraction of sp³-hybridized carbons (Fsp3) is 0.346. The molecule has 4 rings (SSSR count). The van der Waals surface area contributed by atoms with Crippen molar-refractivity contribution in [2.24, 2.45) is 5.41 Å². The maximum absolute atomic E-state index is 13.4. The van der Waals surface area contributed by atoms with E-state index in [2.05, 4.69) is 10.5 Å². The lowest BCUT2D eigenvalue weighted by molar-refractivity contribution is -0.133. The smallest absolute Gasteiger partial charge is 0.257 e. The van der Waals surface area contributed by atoms with E-state index >= 15 is 0 Å². The first-order valence-corrected chi connectivity index (χ1v) is 11.3. The van der Waals surface area contributed by atoms with E-state index in [4.69, 9.17) is 9.26 Å². The number of methoxy groups -OCH3 is 1. The van der Waals surface area contributed by atoms with Gasteiger partial charge < -0.3 is 19.5 Å². The van der Waals surface area contributed by atoms with Crippen LogP contribution in [-0.4, -0.2) is 48.6 Å². The Hall–Kier alpha value is -3.61. The highest BCUT2D eigenvalue weighted by Crippen LogP contribution is 2.36. The first-order valence-electron chi connectivity index (χ1n) is 11.3. The molecule has 172 valence electrons. The number of likely N-dealkylation sites (tertiary alicyclic amines) is 1. The molecule has 1 aliphatic rings. The largest absolute Gasteiger partial charge is 0.496 e. The van der Waals surface area contributed by atoms with E-state index in [0.29, 0.717) is 49.5 Å². The van der Waals surface area contributed by atoms with Crippen molar-refractivity contribution in [1.29, 1.82) is 0 Å². The van der Waals surface area contributed by atoms with Crippen LogP contribution in [0.25, 0.3) is 11.3 Å². The Morgan fingerprint density at radius 2 is 1.91 bits per heavy atom. The normalized spacial score (nSPS) is 18.1. The molecule has 1 aromatic heterocycles. The number of hydrogen-bond acceptors (Lipinski definition) is 5. The van der Waals surface area contributed by atoms with Crippen molar-refractivity contribution < 1.29 is 18.8 Å². The number of carbonyl (C=O) groups is 2. The van der Waals surface area contributed by atoms with Crippen molar-refractivity contribution in [3.8, 4) is 17.0 Å². The van der Waals surface area contributed by atoms with Crippen LogP contribution in [0.15, 0.2) is 65.2 Å². The molecule has 0 spiro atoms. The van der Waals surface area contributed by atoms with E-state index in [9.17, 15) is 9.59 Å². The van der Waals surface area contributed by atoms with Gasteiger partial charge in [0, 0.05) is 37.7 Å². The molecular formula is C26H29N3O4. The number of nitrogens with one attached hydrogen (secondary N) is 1. The average Bonchev–Trinajstić information content (AvgIpc) is 3.32. The summed E-state index contributed by atoms with van der Waals surface area (Å²) in [4.78, 5) is 28.4. The van der Waals surface area contributed by atoms with Gasteiger partial charge in [-0.3, -0.25) is 9.59 Å². The number of aromatic nitrogens is 1. The molecule has 1 aliphatic heterocycles. The lowest BCUT2D eigenvalue weighted by Crippen LogP contribution is -2.54. The number of benzene rings is 2. The van der Waals surface area contributed by atoms with Gasteiger partial charge in [-0.1, -0.05) is 47.6 Å². The van der Waals surface area contributed by atoms with Crippen LogP contribution in [-0.2, 0) is 11.2 Å². The SMILES string of the molecule is CCNC(=O)[C@@]1(Cc2cc(-c3ccccc3)no2)CCCN(C(=O)c2ccccc2OC)C1. The predicted molar refractivity (Wildman–Crippen MR) is 125 cm³/mol. The third-order valence-electron chi connectivity index (χ3n) is 6.16. The summed E-state index contributed by atoms with van der Waals surface area (Å²) < 4.78 is 11.0. The van der Waals surface area contributed by atoms with Gasteiger partial charge in [0.15, 0.2) is 0 Å². The summed E-state index contributed by atoms with van der Waals surface area (Å²) in [7, 11) is 1.55. The Bertz CT molecular complexity index is 1110. The number of ether oxygens (including phenoxy) is 1. The highest BCUT2D eigenvalue weighted by atomic mass is 16.5. The molecule has 0 radical (unpaired) electrons. The van der Waals surface area contributed by atoms with Crippen LogP contribution in [0.1, 0.15) is 35.9 Å². The molecule has 7 nitrogen and oxygen atoms in total. The molecule has 2 aromatic carbocycles. The van der Waals surface area contributed by atoms with E-state index in [1.165, 1.54) is 0 Å². The second kappa shape index (κ2) is 9.90. The molecule has 0 unspecified atom stereocenters. The lowest BCUT2D eigenvalue weighted by atomic mass is 9.75. The molecule has 3 aromatic rings. The average molecular weight is 448 g/mol.